The number of aryl methyl sites for hydroxylation is 2. The van der Waals surface area contributed by atoms with E-state index in [0.717, 1.165) is 27.7 Å². The van der Waals surface area contributed by atoms with E-state index in [9.17, 15) is 4.79 Å². The predicted molar refractivity (Wildman–Crippen MR) is 102 cm³/mol. The van der Waals surface area contributed by atoms with Crippen LogP contribution in [0.2, 0.25) is 0 Å². The number of hydrogen-bond acceptors (Lipinski definition) is 2. The third-order valence-electron chi connectivity index (χ3n) is 4.01. The Bertz CT molecular complexity index is 694. The van der Waals surface area contributed by atoms with Crippen molar-refractivity contribution >= 4 is 38.3 Å². The Kier molecular flexibility index (Phi) is 7.55. The molecule has 4 heteroatoms. The molecule has 23 heavy (non-hydrogen) atoms. The van der Waals surface area contributed by atoms with Crippen LogP contribution in [0.25, 0.3) is 0 Å². The minimum absolute atomic E-state index is 0. The van der Waals surface area contributed by atoms with Crippen LogP contribution in [0.5, 0.6) is 5.75 Å². The summed E-state index contributed by atoms with van der Waals surface area (Å²) in [7, 11) is 0.146. The molecule has 0 aromatic heterocycles. The van der Waals surface area contributed by atoms with E-state index < -0.39 is 0 Å². The second-order valence-corrected chi connectivity index (χ2v) is 6.83. The first-order chi connectivity index (χ1) is 10.4. The molecule has 0 saturated heterocycles. The van der Waals surface area contributed by atoms with Crippen molar-refractivity contribution in [1.29, 1.82) is 0 Å². The number of carbonyl (C=O) groups is 1. The van der Waals surface area contributed by atoms with Gasteiger partial charge in [-0.1, -0.05) is 18.2 Å². The molecule has 0 fully saturated rings. The van der Waals surface area contributed by atoms with Crippen molar-refractivity contribution in [3.05, 3.63) is 58.1 Å². The number of hydrogen-bond donors (Lipinski definition) is 0. The number of carbonyl (C=O) groups excluding carboxylic acids is 1. The Morgan fingerprint density at radius 3 is 2.17 bits per heavy atom. The summed E-state index contributed by atoms with van der Waals surface area (Å²) in [6, 6.07) is 9.93. The average molecular weight is 322 g/mol. The number of rotatable bonds is 5. The van der Waals surface area contributed by atoms with E-state index in [1.165, 1.54) is 11.1 Å². The first-order valence-corrected chi connectivity index (χ1v) is 8.55. The summed E-state index contributed by atoms with van der Waals surface area (Å²) in [5, 5.41) is 1.05. The SMILES string of the molecule is CCOc1ccc(PC(=O)c2c(C)cc(C)c(C)c2C)cc1.[LiH]. The molecule has 2 nitrogen and oxygen atoms in total. The Morgan fingerprint density at radius 1 is 1.00 bits per heavy atom. The minimum atomic E-state index is 0. The zero-order valence-electron chi connectivity index (χ0n) is 13.9. The van der Waals surface area contributed by atoms with Gasteiger partial charge in [-0.15, -0.1) is 0 Å². The predicted octanol–water partition coefficient (Wildman–Crippen LogP) is 3.81. The summed E-state index contributed by atoms with van der Waals surface area (Å²) >= 11 is 0. The van der Waals surface area contributed by atoms with Gasteiger partial charge in [-0.25, -0.2) is 0 Å². The summed E-state index contributed by atoms with van der Waals surface area (Å²) in [5.41, 5.74) is 5.74. The van der Waals surface area contributed by atoms with Crippen LogP contribution in [0.15, 0.2) is 30.3 Å². The van der Waals surface area contributed by atoms with Crippen molar-refractivity contribution in [2.24, 2.45) is 0 Å². The van der Waals surface area contributed by atoms with Gasteiger partial charge >= 0.3 is 18.9 Å². The van der Waals surface area contributed by atoms with E-state index in [-0.39, 0.29) is 33.0 Å². The molecule has 0 heterocycles. The Hall–Kier alpha value is -1.06. The van der Waals surface area contributed by atoms with Gasteiger partial charge in [-0.2, -0.15) is 0 Å². The molecular weight excluding hydrogens is 298 g/mol. The third-order valence-corrected chi connectivity index (χ3v) is 5.11. The molecule has 0 bridgehead atoms. The quantitative estimate of drug-likeness (QED) is 0.618. The molecule has 2 aromatic carbocycles. The molecule has 0 radical (unpaired) electrons. The van der Waals surface area contributed by atoms with E-state index in [2.05, 4.69) is 19.9 Å². The van der Waals surface area contributed by atoms with E-state index in [1.54, 1.807) is 0 Å². The van der Waals surface area contributed by atoms with Gasteiger partial charge in [-0.3, -0.25) is 4.79 Å². The second kappa shape index (κ2) is 8.70. The van der Waals surface area contributed by atoms with Crippen molar-refractivity contribution in [1.82, 2.24) is 0 Å². The zero-order chi connectivity index (χ0) is 16.3. The fourth-order valence-electron chi connectivity index (χ4n) is 2.63. The molecule has 1 atom stereocenters. The number of benzene rings is 2. The summed E-state index contributed by atoms with van der Waals surface area (Å²) < 4.78 is 5.44. The van der Waals surface area contributed by atoms with Crippen molar-refractivity contribution in [3.8, 4) is 5.75 Å². The van der Waals surface area contributed by atoms with Crippen molar-refractivity contribution in [2.45, 2.75) is 34.6 Å². The van der Waals surface area contributed by atoms with Crippen LogP contribution in [0.4, 0.5) is 0 Å². The van der Waals surface area contributed by atoms with Crippen LogP contribution in [0.3, 0.4) is 0 Å². The Morgan fingerprint density at radius 2 is 1.61 bits per heavy atom. The second-order valence-electron chi connectivity index (χ2n) is 5.55. The molecule has 0 amide bonds. The summed E-state index contributed by atoms with van der Waals surface area (Å²) in [5.74, 6) is 0.849. The van der Waals surface area contributed by atoms with E-state index >= 15 is 0 Å². The van der Waals surface area contributed by atoms with Gasteiger partial charge in [0.2, 0.25) is 0 Å². The fraction of sp³-hybridized carbons (Fsp3) is 0.316. The molecule has 0 N–H and O–H groups in total. The molecule has 0 aliphatic heterocycles. The van der Waals surface area contributed by atoms with Crippen LogP contribution < -0.4 is 10.0 Å². The topological polar surface area (TPSA) is 26.3 Å². The Balaban J connectivity index is 0.00000264. The van der Waals surface area contributed by atoms with E-state index in [4.69, 9.17) is 4.74 Å². The first-order valence-electron chi connectivity index (χ1n) is 7.55. The Labute approximate surface area is 153 Å². The first kappa shape index (κ1) is 20.0. The molecule has 118 valence electrons. The molecule has 0 saturated carbocycles. The number of ether oxygens (including phenoxy) is 1. The standard InChI is InChI=1S/C19H23O2P.Li.H/c1-6-21-16-7-9-17(10-8-16)22-19(20)18-13(3)11-12(2)14(4)15(18)5;;/h7-11,22H,6H2,1-5H3;;. The van der Waals surface area contributed by atoms with Crippen LogP contribution in [-0.4, -0.2) is 31.0 Å². The molecule has 0 aliphatic carbocycles. The van der Waals surface area contributed by atoms with E-state index in [0.29, 0.717) is 6.61 Å². The van der Waals surface area contributed by atoms with Crippen molar-refractivity contribution in [3.63, 3.8) is 0 Å². The molecule has 2 rings (SSSR count). The maximum atomic E-state index is 12.7. The molecule has 1 unspecified atom stereocenters. The zero-order valence-corrected chi connectivity index (χ0v) is 14.9. The summed E-state index contributed by atoms with van der Waals surface area (Å²) in [6.45, 7) is 10.9. The normalized spacial score (nSPS) is 10.7. The van der Waals surface area contributed by atoms with Crippen molar-refractivity contribution < 1.29 is 9.53 Å². The van der Waals surface area contributed by atoms with Gasteiger partial charge in [-0.05, 0) is 82.9 Å². The fourth-order valence-corrected chi connectivity index (χ4v) is 3.73. The molecule has 0 aliphatic rings. The van der Waals surface area contributed by atoms with Crippen molar-refractivity contribution in [2.75, 3.05) is 6.61 Å². The van der Waals surface area contributed by atoms with Gasteiger partial charge in [0.25, 0.3) is 0 Å². The molecule has 2 aromatic rings. The maximum absolute atomic E-state index is 12.7. The third kappa shape index (κ3) is 4.71. The van der Waals surface area contributed by atoms with Gasteiger partial charge in [0.15, 0.2) is 5.52 Å². The molecule has 0 spiro atoms. The van der Waals surface area contributed by atoms with Crippen LogP contribution >= 0.6 is 8.58 Å². The van der Waals surface area contributed by atoms with Crippen LogP contribution in [-0.2, 0) is 0 Å². The van der Waals surface area contributed by atoms with Gasteiger partial charge in [0.05, 0.1) is 6.61 Å². The average Bonchev–Trinajstić information content (AvgIpc) is 2.47. The van der Waals surface area contributed by atoms with Gasteiger partial charge < -0.3 is 4.74 Å². The van der Waals surface area contributed by atoms with Crippen LogP contribution in [0, 0.1) is 27.7 Å². The summed E-state index contributed by atoms with van der Waals surface area (Å²) in [4.78, 5) is 12.7. The van der Waals surface area contributed by atoms with Crippen LogP contribution in [0.1, 0.15) is 39.5 Å². The molecular formula is C19H24LiO2P. The monoisotopic (exact) mass is 322 g/mol. The van der Waals surface area contributed by atoms with Gasteiger partial charge in [0, 0.05) is 5.56 Å². The van der Waals surface area contributed by atoms with Gasteiger partial charge in [0.1, 0.15) is 5.75 Å². The summed E-state index contributed by atoms with van der Waals surface area (Å²) in [6.07, 6.45) is 0. The van der Waals surface area contributed by atoms with E-state index in [1.807, 2.05) is 45.0 Å².